The third-order valence-electron chi connectivity index (χ3n) is 2.52. The molecular formula is C12H10BrF6KN2O. The molecular weight excluding hydrogens is 421 g/mol. The first-order valence-electron chi connectivity index (χ1n) is 5.98. The number of halogens is 7. The standard InChI is InChI=1S/C10H4BrF6N2O.C2H6.K/c11-5-1-4(9(12,13)14)2-6-7(5)18-8(10(15,16)17)19(6)3-20;1-2;/h1-2H,3H2;1-2H3;/q-1;;+1. The summed E-state index contributed by atoms with van der Waals surface area (Å²) in [5.74, 6) is -1.53. The van der Waals surface area contributed by atoms with Gasteiger partial charge in [-0.2, -0.15) is 26.3 Å². The summed E-state index contributed by atoms with van der Waals surface area (Å²) in [5, 5.41) is 10.9. The topological polar surface area (TPSA) is 40.9 Å². The van der Waals surface area contributed by atoms with Crippen molar-refractivity contribution in [3.8, 4) is 0 Å². The average Bonchev–Trinajstić information content (AvgIpc) is 2.79. The van der Waals surface area contributed by atoms with E-state index >= 15 is 0 Å². The quantitative estimate of drug-likeness (QED) is 0.503. The number of hydrogen-bond acceptors (Lipinski definition) is 2. The molecule has 124 valence electrons. The molecule has 1 aromatic carbocycles. The molecule has 0 bridgehead atoms. The predicted octanol–water partition coefficient (Wildman–Crippen LogP) is 1.18. The van der Waals surface area contributed by atoms with Crippen molar-refractivity contribution in [3.05, 3.63) is 28.0 Å². The van der Waals surface area contributed by atoms with Crippen LogP contribution in [0.5, 0.6) is 0 Å². The van der Waals surface area contributed by atoms with Crippen molar-refractivity contribution < 1.29 is 82.8 Å². The van der Waals surface area contributed by atoms with Crippen LogP contribution in [0.4, 0.5) is 26.3 Å². The second-order valence-corrected chi connectivity index (χ2v) is 4.67. The smallest absolute Gasteiger partial charge is 0.838 e. The van der Waals surface area contributed by atoms with Gasteiger partial charge in [0.1, 0.15) is 5.52 Å². The van der Waals surface area contributed by atoms with Crippen LogP contribution in [0.1, 0.15) is 25.2 Å². The molecule has 23 heavy (non-hydrogen) atoms. The SMILES string of the molecule is CC.[K+].[O-]Cn1c(C(F)(F)F)nc2c(Br)cc(C(F)(F)F)cc21. The fraction of sp³-hybridized carbons (Fsp3) is 0.417. The molecule has 0 N–H and O–H groups in total. The fourth-order valence-corrected chi connectivity index (χ4v) is 2.23. The van der Waals surface area contributed by atoms with Crippen LogP contribution in [0.25, 0.3) is 11.0 Å². The zero-order chi connectivity index (χ0) is 17.3. The molecule has 2 rings (SSSR count). The van der Waals surface area contributed by atoms with Crippen molar-refractivity contribution >= 4 is 27.0 Å². The predicted molar refractivity (Wildman–Crippen MR) is 68.8 cm³/mol. The third kappa shape index (κ3) is 5.16. The van der Waals surface area contributed by atoms with Gasteiger partial charge in [0.15, 0.2) is 0 Å². The minimum absolute atomic E-state index is 0. The number of nitrogens with zero attached hydrogens (tertiary/aromatic N) is 2. The summed E-state index contributed by atoms with van der Waals surface area (Å²) in [6.07, 6.45) is -9.67. The van der Waals surface area contributed by atoms with E-state index in [1.54, 1.807) is 0 Å². The molecule has 0 saturated carbocycles. The van der Waals surface area contributed by atoms with E-state index < -0.39 is 36.0 Å². The molecule has 0 saturated heterocycles. The van der Waals surface area contributed by atoms with Gasteiger partial charge in [-0.3, -0.25) is 0 Å². The molecule has 0 aliphatic heterocycles. The van der Waals surface area contributed by atoms with E-state index in [2.05, 4.69) is 20.9 Å². The van der Waals surface area contributed by atoms with Crippen LogP contribution in [-0.4, -0.2) is 9.55 Å². The molecule has 0 aliphatic rings. The maximum absolute atomic E-state index is 12.7. The molecule has 0 fully saturated rings. The van der Waals surface area contributed by atoms with Gasteiger partial charge in [-0.05, 0) is 28.1 Å². The Morgan fingerprint density at radius 1 is 1.09 bits per heavy atom. The summed E-state index contributed by atoms with van der Waals surface area (Å²) < 4.78 is 75.8. The summed E-state index contributed by atoms with van der Waals surface area (Å²) in [6.45, 7) is 2.61. The Bertz CT molecular complexity index is 668. The van der Waals surface area contributed by atoms with E-state index in [1.807, 2.05) is 13.8 Å². The van der Waals surface area contributed by atoms with Gasteiger partial charge in [0.25, 0.3) is 0 Å². The zero-order valence-electron chi connectivity index (χ0n) is 12.3. The van der Waals surface area contributed by atoms with E-state index in [4.69, 9.17) is 0 Å². The van der Waals surface area contributed by atoms with Crippen molar-refractivity contribution in [1.82, 2.24) is 9.55 Å². The van der Waals surface area contributed by atoms with Crippen LogP contribution in [0.2, 0.25) is 0 Å². The number of benzene rings is 1. The number of imidazole rings is 1. The Morgan fingerprint density at radius 3 is 2.00 bits per heavy atom. The van der Waals surface area contributed by atoms with Gasteiger partial charge in [-0.25, -0.2) is 4.98 Å². The monoisotopic (exact) mass is 430 g/mol. The molecule has 2 aromatic rings. The number of fused-ring (bicyclic) bond motifs is 1. The Balaban J connectivity index is 0.00000155. The van der Waals surface area contributed by atoms with Gasteiger partial charge < -0.3 is 9.67 Å². The molecule has 11 heteroatoms. The molecule has 0 atom stereocenters. The second-order valence-electron chi connectivity index (χ2n) is 3.81. The number of alkyl halides is 6. The first-order chi connectivity index (χ1) is 10.1. The van der Waals surface area contributed by atoms with Crippen LogP contribution < -0.4 is 56.5 Å². The van der Waals surface area contributed by atoms with Gasteiger partial charge in [0.05, 0.1) is 11.1 Å². The summed E-state index contributed by atoms with van der Waals surface area (Å²) in [6, 6.07) is 1.09. The first-order valence-corrected chi connectivity index (χ1v) is 6.77. The van der Waals surface area contributed by atoms with Crippen LogP contribution in [0, 0.1) is 0 Å². The van der Waals surface area contributed by atoms with E-state index in [-0.39, 0.29) is 65.9 Å². The Kier molecular flexibility index (Phi) is 8.76. The normalized spacial score (nSPS) is 11.7. The number of rotatable bonds is 1. The number of hydrogen-bond donors (Lipinski definition) is 0. The Labute approximate surface area is 178 Å². The van der Waals surface area contributed by atoms with Crippen molar-refractivity contribution in [2.45, 2.75) is 32.9 Å². The molecule has 3 nitrogen and oxygen atoms in total. The molecule has 1 aromatic heterocycles. The Hall–Kier alpha value is 0.346. The van der Waals surface area contributed by atoms with Crippen LogP contribution in [-0.2, 0) is 19.1 Å². The van der Waals surface area contributed by atoms with Crippen LogP contribution in [0.3, 0.4) is 0 Å². The van der Waals surface area contributed by atoms with Gasteiger partial charge in [0, 0.05) is 4.47 Å². The second kappa shape index (κ2) is 8.63. The molecule has 0 spiro atoms. The zero-order valence-corrected chi connectivity index (χ0v) is 17.0. The van der Waals surface area contributed by atoms with Crippen molar-refractivity contribution in [2.24, 2.45) is 0 Å². The summed E-state index contributed by atoms with van der Waals surface area (Å²) in [7, 11) is 0. The van der Waals surface area contributed by atoms with Gasteiger partial charge >= 0.3 is 63.7 Å². The molecule has 0 amide bonds. The van der Waals surface area contributed by atoms with Gasteiger partial charge in [-0.15, -0.1) is 0 Å². The minimum atomic E-state index is -4.93. The van der Waals surface area contributed by atoms with Gasteiger partial charge in [0.2, 0.25) is 5.82 Å². The Morgan fingerprint density at radius 2 is 1.61 bits per heavy atom. The summed E-state index contributed by atoms with van der Waals surface area (Å²) >= 11 is 2.74. The van der Waals surface area contributed by atoms with Gasteiger partial charge in [-0.1, -0.05) is 20.6 Å². The number of aromatic nitrogens is 2. The molecule has 1 heterocycles. The van der Waals surface area contributed by atoms with E-state index in [0.717, 1.165) is 0 Å². The fourth-order valence-electron chi connectivity index (χ4n) is 1.69. The first kappa shape index (κ1) is 23.3. The minimum Gasteiger partial charge on any atom is -0.838 e. The van der Waals surface area contributed by atoms with Crippen molar-refractivity contribution in [3.63, 3.8) is 0 Å². The van der Waals surface area contributed by atoms with Crippen LogP contribution in [0.15, 0.2) is 16.6 Å². The van der Waals surface area contributed by atoms with E-state index in [0.29, 0.717) is 12.1 Å². The van der Waals surface area contributed by atoms with E-state index in [9.17, 15) is 31.4 Å². The van der Waals surface area contributed by atoms with Crippen molar-refractivity contribution in [1.29, 1.82) is 0 Å². The molecule has 0 unspecified atom stereocenters. The van der Waals surface area contributed by atoms with Crippen LogP contribution >= 0.6 is 15.9 Å². The third-order valence-corrected chi connectivity index (χ3v) is 3.12. The molecule has 0 radical (unpaired) electrons. The largest absolute Gasteiger partial charge is 1.00 e. The summed E-state index contributed by atoms with van der Waals surface area (Å²) in [5.41, 5.74) is -2.03. The maximum Gasteiger partial charge on any atom is 1.00 e. The average molecular weight is 431 g/mol. The maximum atomic E-state index is 12.7. The molecule has 0 aliphatic carbocycles. The summed E-state index contributed by atoms with van der Waals surface area (Å²) in [4.78, 5) is 3.20. The van der Waals surface area contributed by atoms with Crippen molar-refractivity contribution in [2.75, 3.05) is 0 Å². The van der Waals surface area contributed by atoms with E-state index in [1.165, 1.54) is 0 Å².